The molecule has 19 heavy (non-hydrogen) atoms. The minimum atomic E-state index is 0.341. The maximum atomic E-state index is 5.93. The molecule has 0 bridgehead atoms. The van der Waals surface area contributed by atoms with E-state index in [9.17, 15) is 0 Å². The average molecular weight is 271 g/mol. The van der Waals surface area contributed by atoms with E-state index in [0.717, 1.165) is 19.4 Å². The van der Waals surface area contributed by atoms with Crippen LogP contribution in [0.2, 0.25) is 0 Å². The maximum absolute atomic E-state index is 5.93. The highest BCUT2D eigenvalue weighted by molar-refractivity contribution is 4.61. The van der Waals surface area contributed by atoms with Crippen molar-refractivity contribution in [3.63, 3.8) is 0 Å². The molecule has 0 spiro atoms. The van der Waals surface area contributed by atoms with E-state index in [0.29, 0.717) is 6.04 Å². The molecule has 0 saturated heterocycles. The number of rotatable bonds is 15. The minimum absolute atomic E-state index is 0.341. The zero-order chi connectivity index (χ0) is 14.2. The predicted octanol–water partition coefficient (Wildman–Crippen LogP) is 4.75. The van der Waals surface area contributed by atoms with Crippen LogP contribution in [0.1, 0.15) is 96.8 Å². The minimum Gasteiger partial charge on any atom is -0.330 e. The van der Waals surface area contributed by atoms with Gasteiger partial charge in [-0.25, -0.2) is 0 Å². The molecule has 0 aliphatic rings. The quantitative estimate of drug-likeness (QED) is 0.422. The van der Waals surface area contributed by atoms with E-state index in [1.807, 2.05) is 0 Å². The molecule has 4 N–H and O–H groups in total. The van der Waals surface area contributed by atoms with Gasteiger partial charge in [-0.05, 0) is 19.4 Å². The Morgan fingerprint density at radius 1 is 0.632 bits per heavy atom. The highest BCUT2D eigenvalue weighted by Gasteiger charge is 2.00. The van der Waals surface area contributed by atoms with Crippen LogP contribution in [-0.2, 0) is 0 Å². The summed E-state index contributed by atoms with van der Waals surface area (Å²) in [6.07, 6.45) is 19.1. The Hall–Kier alpha value is -0.0800. The Morgan fingerprint density at radius 3 is 1.47 bits per heavy atom. The lowest BCUT2D eigenvalue weighted by Crippen LogP contribution is -2.23. The molecule has 0 heterocycles. The van der Waals surface area contributed by atoms with E-state index in [1.54, 1.807) is 0 Å². The molecule has 2 nitrogen and oxygen atoms in total. The first-order valence-corrected chi connectivity index (χ1v) is 8.77. The van der Waals surface area contributed by atoms with Crippen LogP contribution >= 0.6 is 0 Å². The van der Waals surface area contributed by atoms with Gasteiger partial charge >= 0.3 is 0 Å². The summed E-state index contributed by atoms with van der Waals surface area (Å²) in [4.78, 5) is 0. The van der Waals surface area contributed by atoms with Crippen molar-refractivity contribution < 1.29 is 0 Å². The van der Waals surface area contributed by atoms with E-state index < -0.39 is 0 Å². The van der Waals surface area contributed by atoms with Crippen LogP contribution in [0.4, 0.5) is 0 Å². The summed E-state index contributed by atoms with van der Waals surface area (Å²) in [6.45, 7) is 3.02. The van der Waals surface area contributed by atoms with Gasteiger partial charge in [-0.15, -0.1) is 0 Å². The second-order valence-corrected chi connectivity index (χ2v) is 6.02. The zero-order valence-electron chi connectivity index (χ0n) is 13.3. The first kappa shape index (κ1) is 18.9. The summed E-state index contributed by atoms with van der Waals surface area (Å²) in [6, 6.07) is 0.341. The lowest BCUT2D eigenvalue weighted by molar-refractivity contribution is 0.506. The molecule has 0 fully saturated rings. The van der Waals surface area contributed by atoms with E-state index in [2.05, 4.69) is 6.92 Å². The van der Waals surface area contributed by atoms with Crippen LogP contribution in [0, 0.1) is 0 Å². The van der Waals surface area contributed by atoms with Gasteiger partial charge < -0.3 is 11.5 Å². The Morgan fingerprint density at radius 2 is 1.05 bits per heavy atom. The van der Waals surface area contributed by atoms with Crippen LogP contribution in [0.15, 0.2) is 0 Å². The van der Waals surface area contributed by atoms with E-state index in [-0.39, 0.29) is 0 Å². The van der Waals surface area contributed by atoms with Crippen molar-refractivity contribution >= 4 is 0 Å². The molecule has 1 atom stereocenters. The summed E-state index contributed by atoms with van der Waals surface area (Å²) < 4.78 is 0. The Kier molecular flexibility index (Phi) is 15.9. The Balaban J connectivity index is 2.99. The summed E-state index contributed by atoms with van der Waals surface area (Å²) in [5, 5.41) is 0. The molecular weight excluding hydrogens is 232 g/mol. The maximum Gasteiger partial charge on any atom is 0.00508 e. The van der Waals surface area contributed by atoms with Crippen LogP contribution in [0.25, 0.3) is 0 Å². The van der Waals surface area contributed by atoms with Crippen molar-refractivity contribution in [2.24, 2.45) is 11.5 Å². The number of hydrogen-bond acceptors (Lipinski definition) is 2. The molecule has 0 aromatic carbocycles. The number of unbranched alkanes of at least 4 members (excludes halogenated alkanes) is 11. The van der Waals surface area contributed by atoms with Crippen molar-refractivity contribution in [2.75, 3.05) is 6.54 Å². The monoisotopic (exact) mass is 270 g/mol. The van der Waals surface area contributed by atoms with Gasteiger partial charge in [0.15, 0.2) is 0 Å². The average Bonchev–Trinajstić information content (AvgIpc) is 2.40. The Labute approximate surface area is 121 Å². The van der Waals surface area contributed by atoms with E-state index in [1.165, 1.54) is 77.0 Å². The molecule has 0 saturated carbocycles. The van der Waals surface area contributed by atoms with Gasteiger partial charge in [0.05, 0.1) is 0 Å². The fourth-order valence-corrected chi connectivity index (χ4v) is 2.61. The molecule has 0 rings (SSSR count). The molecule has 1 unspecified atom stereocenters. The summed E-state index contributed by atoms with van der Waals surface area (Å²) >= 11 is 0. The highest BCUT2D eigenvalue weighted by atomic mass is 14.6. The largest absolute Gasteiger partial charge is 0.330 e. The first-order valence-electron chi connectivity index (χ1n) is 8.77. The standard InChI is InChI=1S/C17H38N2/c1-2-3-4-5-6-7-8-9-10-11-12-13-14-17(19)15-16-18/h17H,2-16,18-19H2,1H3. The fourth-order valence-electron chi connectivity index (χ4n) is 2.61. The third-order valence-electron chi connectivity index (χ3n) is 3.97. The molecule has 0 aromatic rings. The summed E-state index contributed by atoms with van der Waals surface area (Å²) in [7, 11) is 0. The molecule has 2 heteroatoms. The molecule has 0 aromatic heterocycles. The third-order valence-corrected chi connectivity index (χ3v) is 3.97. The van der Waals surface area contributed by atoms with Crippen molar-refractivity contribution in [1.29, 1.82) is 0 Å². The van der Waals surface area contributed by atoms with Gasteiger partial charge in [-0.1, -0.05) is 84.0 Å². The van der Waals surface area contributed by atoms with Crippen molar-refractivity contribution in [3.8, 4) is 0 Å². The van der Waals surface area contributed by atoms with Gasteiger partial charge in [0.1, 0.15) is 0 Å². The normalized spacial score (nSPS) is 12.8. The fraction of sp³-hybridized carbons (Fsp3) is 1.00. The van der Waals surface area contributed by atoms with Crippen molar-refractivity contribution in [3.05, 3.63) is 0 Å². The van der Waals surface area contributed by atoms with Gasteiger partial charge in [-0.3, -0.25) is 0 Å². The van der Waals surface area contributed by atoms with Crippen molar-refractivity contribution in [2.45, 2.75) is 103 Å². The van der Waals surface area contributed by atoms with Gasteiger partial charge in [-0.2, -0.15) is 0 Å². The van der Waals surface area contributed by atoms with Crippen molar-refractivity contribution in [1.82, 2.24) is 0 Å². The Bertz CT molecular complexity index is 159. The third kappa shape index (κ3) is 15.9. The SMILES string of the molecule is CCCCCCCCCCCCCCC(N)CCN. The van der Waals surface area contributed by atoms with Gasteiger partial charge in [0.2, 0.25) is 0 Å². The second kappa shape index (κ2) is 16.0. The highest BCUT2D eigenvalue weighted by Crippen LogP contribution is 2.12. The molecule has 0 aliphatic heterocycles. The van der Waals surface area contributed by atoms with E-state index >= 15 is 0 Å². The van der Waals surface area contributed by atoms with Gasteiger partial charge in [0.25, 0.3) is 0 Å². The topological polar surface area (TPSA) is 52.0 Å². The first-order chi connectivity index (χ1) is 9.31. The van der Waals surface area contributed by atoms with Crippen LogP contribution < -0.4 is 11.5 Å². The summed E-state index contributed by atoms with van der Waals surface area (Å²) in [5.74, 6) is 0. The van der Waals surface area contributed by atoms with Crippen LogP contribution in [0.3, 0.4) is 0 Å². The smallest absolute Gasteiger partial charge is 0.00508 e. The van der Waals surface area contributed by atoms with Crippen LogP contribution in [-0.4, -0.2) is 12.6 Å². The molecule has 116 valence electrons. The number of hydrogen-bond donors (Lipinski definition) is 2. The molecule has 0 radical (unpaired) electrons. The zero-order valence-corrected chi connectivity index (χ0v) is 13.3. The molecular formula is C17H38N2. The van der Waals surface area contributed by atoms with Crippen LogP contribution in [0.5, 0.6) is 0 Å². The van der Waals surface area contributed by atoms with Gasteiger partial charge in [0, 0.05) is 6.04 Å². The predicted molar refractivity (Wildman–Crippen MR) is 87.3 cm³/mol. The van der Waals surface area contributed by atoms with E-state index in [4.69, 9.17) is 11.5 Å². The molecule has 0 aliphatic carbocycles. The second-order valence-electron chi connectivity index (χ2n) is 6.02. The number of nitrogens with two attached hydrogens (primary N) is 2. The summed E-state index contributed by atoms with van der Waals surface area (Å²) in [5.41, 5.74) is 11.4. The molecule has 0 amide bonds. The lowest BCUT2D eigenvalue weighted by atomic mass is 10.0. The lowest BCUT2D eigenvalue weighted by Gasteiger charge is -2.09.